The Morgan fingerprint density at radius 3 is 1.75 bits per heavy atom. The van der Waals surface area contributed by atoms with Gasteiger partial charge in [-0.3, -0.25) is 0 Å². The van der Waals surface area contributed by atoms with Crippen LogP contribution in [0.25, 0.3) is 0 Å². The van der Waals surface area contributed by atoms with Gasteiger partial charge in [-0.25, -0.2) is 0 Å². The van der Waals surface area contributed by atoms with Gasteiger partial charge in [-0.05, 0) is 5.92 Å². The maximum atomic E-state index is 11.9. The number of halogens is 3. The van der Waals surface area contributed by atoms with Gasteiger partial charge < -0.3 is 15.0 Å². The maximum Gasteiger partial charge on any atom is 0.422 e. The number of alkyl halides is 3. The van der Waals surface area contributed by atoms with Gasteiger partial charge in [0.05, 0.1) is 5.97 Å². The van der Waals surface area contributed by atoms with Crippen LogP contribution in [0.3, 0.4) is 0 Å². The lowest BCUT2D eigenvalue weighted by Gasteiger charge is -2.34. The molecule has 0 bridgehead atoms. The van der Waals surface area contributed by atoms with Crippen LogP contribution < -0.4 is 5.11 Å². The molecule has 0 saturated heterocycles. The summed E-state index contributed by atoms with van der Waals surface area (Å²) in [5.41, 5.74) is -3.76. The van der Waals surface area contributed by atoms with Crippen LogP contribution in [0.15, 0.2) is 0 Å². The Morgan fingerprint density at radius 2 is 1.75 bits per heavy atom. The number of carboxylic acid groups (broad SMARTS) is 1. The van der Waals surface area contributed by atoms with Crippen molar-refractivity contribution in [1.29, 1.82) is 0 Å². The summed E-state index contributed by atoms with van der Waals surface area (Å²) in [6.07, 6.45) is -5.21. The number of rotatable bonds is 2. The number of aliphatic carboxylic acids is 1. The minimum absolute atomic E-state index is 0.948. The van der Waals surface area contributed by atoms with Crippen molar-refractivity contribution in [2.45, 2.75) is 25.6 Å². The molecule has 0 amide bonds. The van der Waals surface area contributed by atoms with E-state index in [1.807, 2.05) is 0 Å². The molecule has 0 fully saturated rings. The van der Waals surface area contributed by atoms with Crippen LogP contribution in [0.5, 0.6) is 0 Å². The molecule has 0 spiro atoms. The molecule has 0 saturated carbocycles. The molecule has 0 aromatic carbocycles. The summed E-state index contributed by atoms with van der Waals surface area (Å²) in [6, 6.07) is 0. The number of carbonyl (C=O) groups is 1. The lowest BCUT2D eigenvalue weighted by molar-refractivity contribution is -0.360. The summed E-state index contributed by atoms with van der Waals surface area (Å²) < 4.78 is 35.8. The van der Waals surface area contributed by atoms with Gasteiger partial charge in [0, 0.05) is 0 Å². The summed E-state index contributed by atoms with van der Waals surface area (Å²) in [7, 11) is 0. The van der Waals surface area contributed by atoms with Crippen LogP contribution in [0, 0.1) is 5.92 Å². The number of hydrogen-bond donors (Lipinski definition) is 1. The molecule has 1 atom stereocenters. The van der Waals surface area contributed by atoms with E-state index in [1.165, 1.54) is 0 Å². The zero-order chi connectivity index (χ0) is 10.2. The molecule has 12 heavy (non-hydrogen) atoms. The van der Waals surface area contributed by atoms with Gasteiger partial charge >= 0.3 is 6.18 Å². The first kappa shape index (κ1) is 11.2. The fourth-order valence-corrected chi connectivity index (χ4v) is 0.679. The first-order chi connectivity index (χ1) is 5.14. The fourth-order valence-electron chi connectivity index (χ4n) is 0.679. The van der Waals surface area contributed by atoms with E-state index in [4.69, 9.17) is 5.11 Å². The van der Waals surface area contributed by atoms with Crippen LogP contribution in [-0.4, -0.2) is 22.9 Å². The Kier molecular flexibility index (Phi) is 2.74. The van der Waals surface area contributed by atoms with Crippen molar-refractivity contribution in [2.75, 3.05) is 0 Å². The number of aliphatic hydroxyl groups is 1. The van der Waals surface area contributed by atoms with Crippen LogP contribution in [0.2, 0.25) is 0 Å². The van der Waals surface area contributed by atoms with Crippen LogP contribution >= 0.6 is 0 Å². The van der Waals surface area contributed by atoms with E-state index in [9.17, 15) is 23.1 Å². The van der Waals surface area contributed by atoms with Crippen molar-refractivity contribution < 1.29 is 28.2 Å². The largest absolute Gasteiger partial charge is 0.547 e. The van der Waals surface area contributed by atoms with E-state index in [-0.39, 0.29) is 0 Å². The van der Waals surface area contributed by atoms with Gasteiger partial charge in [0.15, 0.2) is 0 Å². The van der Waals surface area contributed by atoms with E-state index in [2.05, 4.69) is 0 Å². The fraction of sp³-hybridized carbons (Fsp3) is 0.833. The quantitative estimate of drug-likeness (QED) is 0.641. The Morgan fingerprint density at radius 1 is 1.42 bits per heavy atom. The Bertz CT molecular complexity index is 187. The number of carboxylic acids is 1. The zero-order valence-corrected chi connectivity index (χ0v) is 6.47. The third-order valence-electron chi connectivity index (χ3n) is 1.58. The highest BCUT2D eigenvalue weighted by Gasteiger charge is 2.57. The Balaban J connectivity index is 5.02. The van der Waals surface area contributed by atoms with E-state index < -0.39 is 23.7 Å². The normalized spacial score (nSPS) is 17.6. The molecular formula is C6H8F3O3-. The summed E-state index contributed by atoms with van der Waals surface area (Å²) in [5, 5.41) is 18.7. The van der Waals surface area contributed by atoms with Crippen LogP contribution in [-0.2, 0) is 4.79 Å². The van der Waals surface area contributed by atoms with Gasteiger partial charge in [0.25, 0.3) is 0 Å². The monoisotopic (exact) mass is 185 g/mol. The Labute approximate surface area is 66.8 Å². The van der Waals surface area contributed by atoms with Crippen LogP contribution in [0.4, 0.5) is 13.2 Å². The maximum absolute atomic E-state index is 11.9. The highest BCUT2D eigenvalue weighted by molar-refractivity contribution is 5.76. The highest BCUT2D eigenvalue weighted by Crippen LogP contribution is 2.35. The molecule has 0 aromatic rings. The van der Waals surface area contributed by atoms with Gasteiger partial charge in [-0.1, -0.05) is 13.8 Å². The van der Waals surface area contributed by atoms with Gasteiger partial charge in [0.1, 0.15) is 0 Å². The third-order valence-corrected chi connectivity index (χ3v) is 1.58. The van der Waals surface area contributed by atoms with Crippen molar-refractivity contribution >= 4 is 5.97 Å². The number of hydrogen-bond acceptors (Lipinski definition) is 3. The summed E-state index contributed by atoms with van der Waals surface area (Å²) in [5.74, 6) is -4.01. The predicted molar refractivity (Wildman–Crippen MR) is 30.8 cm³/mol. The van der Waals surface area contributed by atoms with Crippen molar-refractivity contribution in [2.24, 2.45) is 5.92 Å². The van der Waals surface area contributed by atoms with E-state index in [1.54, 1.807) is 0 Å². The first-order valence-electron chi connectivity index (χ1n) is 3.14. The average molecular weight is 185 g/mol. The molecule has 0 heterocycles. The van der Waals surface area contributed by atoms with Gasteiger partial charge in [0.2, 0.25) is 5.60 Å². The second-order valence-electron chi connectivity index (χ2n) is 2.71. The molecule has 1 unspecified atom stereocenters. The standard InChI is InChI=1S/C6H9F3O3/c1-3(2)5(12,4(10)11)6(7,8)9/h3,12H,1-2H3,(H,10,11)/p-1. The molecular weight excluding hydrogens is 177 g/mol. The second-order valence-corrected chi connectivity index (χ2v) is 2.71. The summed E-state index contributed by atoms with van der Waals surface area (Å²) >= 11 is 0. The minimum atomic E-state index is -5.21. The Hall–Kier alpha value is -0.780. The van der Waals surface area contributed by atoms with E-state index >= 15 is 0 Å². The lowest BCUT2D eigenvalue weighted by Crippen LogP contribution is -2.61. The SMILES string of the molecule is CC(C)C(O)(C(=O)[O-])C(F)(F)F. The third kappa shape index (κ3) is 1.52. The summed E-state index contributed by atoms with van der Waals surface area (Å²) in [6.45, 7) is 1.90. The molecule has 0 aromatic heterocycles. The molecule has 0 aliphatic rings. The average Bonchev–Trinajstić information content (AvgIpc) is 1.82. The van der Waals surface area contributed by atoms with Crippen LogP contribution in [0.1, 0.15) is 13.8 Å². The number of carbonyl (C=O) groups excluding carboxylic acids is 1. The minimum Gasteiger partial charge on any atom is -0.547 e. The van der Waals surface area contributed by atoms with Crippen molar-refractivity contribution in [3.05, 3.63) is 0 Å². The molecule has 1 N–H and O–H groups in total. The highest BCUT2D eigenvalue weighted by atomic mass is 19.4. The molecule has 3 nitrogen and oxygen atoms in total. The predicted octanol–water partition coefficient (Wildman–Crippen LogP) is -0.314. The van der Waals surface area contributed by atoms with Crippen molar-refractivity contribution in [3.63, 3.8) is 0 Å². The molecule has 0 aliphatic heterocycles. The van der Waals surface area contributed by atoms with Crippen molar-refractivity contribution in [3.8, 4) is 0 Å². The molecule has 0 radical (unpaired) electrons. The lowest BCUT2D eigenvalue weighted by atomic mass is 9.90. The second kappa shape index (κ2) is 2.93. The molecule has 6 heteroatoms. The smallest absolute Gasteiger partial charge is 0.422 e. The molecule has 0 aliphatic carbocycles. The van der Waals surface area contributed by atoms with Gasteiger partial charge in [-0.2, -0.15) is 13.2 Å². The van der Waals surface area contributed by atoms with E-state index in [0.29, 0.717) is 0 Å². The van der Waals surface area contributed by atoms with Gasteiger partial charge in [-0.15, -0.1) is 0 Å². The summed E-state index contributed by atoms with van der Waals surface area (Å²) in [4.78, 5) is 10.0. The zero-order valence-electron chi connectivity index (χ0n) is 6.47. The molecule has 72 valence electrons. The topological polar surface area (TPSA) is 60.4 Å². The first-order valence-corrected chi connectivity index (χ1v) is 3.14. The van der Waals surface area contributed by atoms with Crippen molar-refractivity contribution in [1.82, 2.24) is 0 Å². The molecule has 0 rings (SSSR count). The van der Waals surface area contributed by atoms with E-state index in [0.717, 1.165) is 13.8 Å².